The van der Waals surface area contributed by atoms with Crippen LogP contribution in [0.2, 0.25) is 0 Å². The molecule has 2 aliphatic rings. The second-order valence-electron chi connectivity index (χ2n) is 8.42. The Morgan fingerprint density at radius 3 is 2.00 bits per heavy atom. The molecular weight excluding hydrogens is 321 g/mol. The van der Waals surface area contributed by atoms with Gasteiger partial charge in [0.1, 0.15) is 0 Å². The summed E-state index contributed by atoms with van der Waals surface area (Å²) >= 11 is 0. The second-order valence-corrected chi connectivity index (χ2v) is 8.42. The number of hydrogen-bond donors (Lipinski definition) is 0. The van der Waals surface area contributed by atoms with Crippen LogP contribution in [0.4, 0.5) is 0 Å². The van der Waals surface area contributed by atoms with E-state index in [4.69, 9.17) is 9.31 Å². The van der Waals surface area contributed by atoms with E-state index >= 15 is 0 Å². The van der Waals surface area contributed by atoms with Crippen LogP contribution in [0, 0.1) is 0 Å². The first kappa shape index (κ1) is 17.8. The molecule has 4 rings (SSSR count). The van der Waals surface area contributed by atoms with E-state index in [0.717, 1.165) is 18.6 Å². The van der Waals surface area contributed by atoms with Gasteiger partial charge in [0, 0.05) is 13.1 Å². The molecule has 26 heavy (non-hydrogen) atoms. The first-order valence-electron chi connectivity index (χ1n) is 9.62. The number of hydrogen-bond acceptors (Lipinski definition) is 3. The van der Waals surface area contributed by atoms with Gasteiger partial charge in [-0.05, 0) is 50.7 Å². The monoisotopic (exact) mass is 349 g/mol. The highest BCUT2D eigenvalue weighted by molar-refractivity contribution is 6.62. The Bertz CT molecular complexity index is 755. The molecule has 0 bridgehead atoms. The third-order valence-corrected chi connectivity index (χ3v) is 6.17. The lowest BCUT2D eigenvalue weighted by Gasteiger charge is -2.40. The summed E-state index contributed by atoms with van der Waals surface area (Å²) in [5, 5.41) is 0. The summed E-state index contributed by atoms with van der Waals surface area (Å²) in [6.45, 7) is 10.7. The van der Waals surface area contributed by atoms with E-state index in [2.05, 4.69) is 87.2 Å². The molecule has 2 saturated heterocycles. The Morgan fingerprint density at radius 2 is 1.42 bits per heavy atom. The molecule has 4 heteroatoms. The zero-order valence-corrected chi connectivity index (χ0v) is 16.2. The highest BCUT2D eigenvalue weighted by atomic mass is 16.7. The molecule has 0 saturated carbocycles. The maximum Gasteiger partial charge on any atom is 0.495 e. The minimum atomic E-state index is -0.330. The quantitative estimate of drug-likeness (QED) is 0.784. The van der Waals surface area contributed by atoms with Gasteiger partial charge in [0.15, 0.2) is 0 Å². The molecule has 3 nitrogen and oxygen atoms in total. The van der Waals surface area contributed by atoms with Gasteiger partial charge < -0.3 is 9.31 Å². The smallest absolute Gasteiger partial charge is 0.399 e. The minimum Gasteiger partial charge on any atom is -0.399 e. The van der Waals surface area contributed by atoms with E-state index < -0.39 is 0 Å². The van der Waals surface area contributed by atoms with Crippen molar-refractivity contribution in [2.24, 2.45) is 0 Å². The van der Waals surface area contributed by atoms with Gasteiger partial charge in [0.25, 0.3) is 0 Å². The lowest BCUT2D eigenvalue weighted by atomic mass is 9.73. The first-order chi connectivity index (χ1) is 12.4. The Morgan fingerprint density at radius 1 is 0.846 bits per heavy atom. The van der Waals surface area contributed by atoms with E-state index in [0.29, 0.717) is 0 Å². The molecule has 0 unspecified atom stereocenters. The molecule has 2 aliphatic heterocycles. The molecule has 1 atom stereocenters. The largest absolute Gasteiger partial charge is 0.495 e. The van der Waals surface area contributed by atoms with Crippen molar-refractivity contribution in [2.45, 2.75) is 51.4 Å². The molecule has 136 valence electrons. The molecule has 0 spiro atoms. The highest BCUT2D eigenvalue weighted by Crippen LogP contribution is 2.38. The Hall–Kier alpha value is -1.62. The zero-order chi connectivity index (χ0) is 18.4. The molecule has 0 radical (unpaired) electrons. The lowest BCUT2D eigenvalue weighted by molar-refractivity contribution is 0.00578. The van der Waals surface area contributed by atoms with Crippen LogP contribution < -0.4 is 5.46 Å². The Labute approximate surface area is 157 Å². The van der Waals surface area contributed by atoms with Crippen molar-refractivity contribution in [3.63, 3.8) is 0 Å². The van der Waals surface area contributed by atoms with E-state index in [1.807, 2.05) is 0 Å². The summed E-state index contributed by atoms with van der Waals surface area (Å²) in [4.78, 5) is 2.54. The van der Waals surface area contributed by atoms with Crippen LogP contribution in [0.25, 0.3) is 0 Å². The number of likely N-dealkylation sites (tertiary alicyclic amines) is 1. The summed E-state index contributed by atoms with van der Waals surface area (Å²) in [5.74, 6) is 0. The predicted octanol–water partition coefficient (Wildman–Crippen LogP) is 3.78. The molecule has 0 aromatic heterocycles. The van der Waals surface area contributed by atoms with E-state index in [1.165, 1.54) is 17.5 Å². The van der Waals surface area contributed by atoms with Crippen LogP contribution in [0.1, 0.15) is 51.3 Å². The number of nitrogens with zero attached hydrogens (tertiary/aromatic N) is 1. The molecule has 2 heterocycles. The van der Waals surface area contributed by atoms with Crippen molar-refractivity contribution in [2.75, 3.05) is 13.1 Å². The highest BCUT2D eigenvalue weighted by Gasteiger charge is 2.52. The molecule has 0 amide bonds. The lowest BCUT2D eigenvalue weighted by Crippen LogP contribution is -2.45. The van der Waals surface area contributed by atoms with Crippen LogP contribution in [0.3, 0.4) is 0 Å². The first-order valence-corrected chi connectivity index (χ1v) is 9.62. The Balaban J connectivity index is 1.75. The fourth-order valence-corrected chi connectivity index (χ4v) is 3.77. The van der Waals surface area contributed by atoms with Crippen molar-refractivity contribution >= 4 is 12.6 Å². The number of rotatable bonds is 4. The van der Waals surface area contributed by atoms with Gasteiger partial charge in [0.2, 0.25) is 0 Å². The van der Waals surface area contributed by atoms with Crippen molar-refractivity contribution < 1.29 is 9.31 Å². The van der Waals surface area contributed by atoms with Gasteiger partial charge in [-0.2, -0.15) is 0 Å². The van der Waals surface area contributed by atoms with Gasteiger partial charge in [-0.15, -0.1) is 0 Å². The third-order valence-electron chi connectivity index (χ3n) is 6.17. The standard InChI is InChI=1S/C22H28BNO2/c1-21(2)22(3,4)26-23(25-21)19-14-9-8-13-18(19)20(24-15-10-16-24)17-11-6-5-7-12-17/h5-9,11-14,20H,10,15-16H2,1-4H3/t20-/m0/s1. The van der Waals surface area contributed by atoms with Gasteiger partial charge in [-0.3, -0.25) is 4.90 Å². The molecular formula is C22H28BNO2. The van der Waals surface area contributed by atoms with E-state index in [9.17, 15) is 0 Å². The normalized spacial score (nSPS) is 22.8. The van der Waals surface area contributed by atoms with E-state index in [1.54, 1.807) is 0 Å². The predicted molar refractivity (Wildman–Crippen MR) is 107 cm³/mol. The summed E-state index contributed by atoms with van der Waals surface area (Å²) < 4.78 is 12.7. The average molecular weight is 349 g/mol. The molecule has 2 fully saturated rings. The molecule has 2 aromatic rings. The summed E-state index contributed by atoms with van der Waals surface area (Å²) in [7, 11) is -0.330. The van der Waals surface area contributed by atoms with Crippen molar-refractivity contribution in [3.8, 4) is 0 Å². The van der Waals surface area contributed by atoms with Crippen LogP contribution >= 0.6 is 0 Å². The molecule has 0 aliphatic carbocycles. The molecule has 0 N–H and O–H groups in total. The number of benzene rings is 2. The van der Waals surface area contributed by atoms with Gasteiger partial charge in [0.05, 0.1) is 17.2 Å². The van der Waals surface area contributed by atoms with Crippen molar-refractivity contribution in [1.82, 2.24) is 4.90 Å². The zero-order valence-electron chi connectivity index (χ0n) is 16.2. The Kier molecular flexibility index (Phi) is 4.46. The van der Waals surface area contributed by atoms with Gasteiger partial charge in [-0.1, -0.05) is 54.6 Å². The van der Waals surface area contributed by atoms with Gasteiger partial charge in [-0.25, -0.2) is 0 Å². The van der Waals surface area contributed by atoms with Crippen LogP contribution in [-0.4, -0.2) is 36.3 Å². The topological polar surface area (TPSA) is 21.7 Å². The summed E-state index contributed by atoms with van der Waals surface area (Å²) in [6.07, 6.45) is 1.27. The maximum atomic E-state index is 6.37. The fourth-order valence-electron chi connectivity index (χ4n) is 3.77. The summed E-state index contributed by atoms with van der Waals surface area (Å²) in [6, 6.07) is 19.6. The SMILES string of the molecule is CC1(C)OB(c2ccccc2[C@H](c2ccccc2)N2CCC2)OC1(C)C. The fraction of sp³-hybridized carbons (Fsp3) is 0.455. The van der Waals surface area contributed by atoms with E-state index in [-0.39, 0.29) is 24.4 Å². The van der Waals surface area contributed by atoms with Crippen molar-refractivity contribution in [1.29, 1.82) is 0 Å². The molecule has 2 aromatic carbocycles. The maximum absolute atomic E-state index is 6.37. The average Bonchev–Trinajstić information content (AvgIpc) is 2.79. The second kappa shape index (κ2) is 6.52. The third kappa shape index (κ3) is 3.00. The van der Waals surface area contributed by atoms with Gasteiger partial charge >= 0.3 is 7.12 Å². The van der Waals surface area contributed by atoms with Crippen LogP contribution in [0.15, 0.2) is 54.6 Å². The van der Waals surface area contributed by atoms with Crippen LogP contribution in [0.5, 0.6) is 0 Å². The van der Waals surface area contributed by atoms with Crippen LogP contribution in [-0.2, 0) is 9.31 Å². The van der Waals surface area contributed by atoms with Crippen molar-refractivity contribution in [3.05, 3.63) is 65.7 Å². The summed E-state index contributed by atoms with van der Waals surface area (Å²) in [5.41, 5.74) is 3.10. The minimum absolute atomic E-state index is 0.250.